The van der Waals surface area contributed by atoms with Crippen LogP contribution in [0.1, 0.15) is 32.3 Å². The summed E-state index contributed by atoms with van der Waals surface area (Å²) in [6, 6.07) is 2.94. The number of nitrogens with zero attached hydrogens (tertiary/aromatic N) is 1. The van der Waals surface area contributed by atoms with Gasteiger partial charge in [-0.25, -0.2) is 8.42 Å². The summed E-state index contributed by atoms with van der Waals surface area (Å²) in [4.78, 5) is 0.0493. The molecule has 1 fully saturated rings. The summed E-state index contributed by atoms with van der Waals surface area (Å²) in [6.45, 7) is 4.51. The van der Waals surface area contributed by atoms with Crippen LogP contribution in [0.25, 0.3) is 0 Å². The molecule has 0 saturated carbocycles. The first-order chi connectivity index (χ1) is 9.78. The van der Waals surface area contributed by atoms with E-state index in [0.717, 1.165) is 12.8 Å². The first kappa shape index (κ1) is 17.4. The van der Waals surface area contributed by atoms with Gasteiger partial charge in [0, 0.05) is 23.5 Å². The van der Waals surface area contributed by atoms with Gasteiger partial charge < -0.3 is 0 Å². The van der Waals surface area contributed by atoms with E-state index in [-0.39, 0.29) is 21.8 Å². The largest absolute Gasteiger partial charge is 0.244 e. The molecular weight excluding hydrogens is 353 g/mol. The molecule has 2 rings (SSSR count). The summed E-state index contributed by atoms with van der Waals surface area (Å²) in [5.41, 5.74) is 0.530. The van der Waals surface area contributed by atoms with Crippen molar-refractivity contribution in [1.29, 1.82) is 0 Å². The molecule has 7 heteroatoms. The van der Waals surface area contributed by atoms with E-state index >= 15 is 0 Å². The van der Waals surface area contributed by atoms with Gasteiger partial charge in [-0.3, -0.25) is 0 Å². The van der Waals surface area contributed by atoms with Crippen molar-refractivity contribution < 1.29 is 8.42 Å². The third-order valence-corrected chi connectivity index (χ3v) is 7.20. The first-order valence-electron chi connectivity index (χ1n) is 6.84. The molecule has 1 aromatic rings. The maximum absolute atomic E-state index is 12.9. The van der Waals surface area contributed by atoms with Gasteiger partial charge in [0.15, 0.2) is 0 Å². The molecule has 1 saturated heterocycles. The Morgan fingerprint density at radius 2 is 1.95 bits per heavy atom. The van der Waals surface area contributed by atoms with Crippen molar-refractivity contribution in [2.75, 3.05) is 6.54 Å². The molecule has 1 heterocycles. The molecule has 118 valence electrons. The van der Waals surface area contributed by atoms with Crippen molar-refractivity contribution in [3.05, 3.63) is 27.7 Å². The van der Waals surface area contributed by atoms with Crippen LogP contribution < -0.4 is 0 Å². The van der Waals surface area contributed by atoms with Crippen molar-refractivity contribution >= 4 is 44.8 Å². The highest BCUT2D eigenvalue weighted by Crippen LogP contribution is 2.35. The first-order valence-corrected chi connectivity index (χ1v) is 9.57. The molecule has 0 spiro atoms. The lowest BCUT2D eigenvalue weighted by Gasteiger charge is -2.37. The molecule has 2 unspecified atom stereocenters. The maximum atomic E-state index is 12.9. The number of halogens is 3. The zero-order valence-electron chi connectivity index (χ0n) is 11.9. The topological polar surface area (TPSA) is 37.4 Å². The van der Waals surface area contributed by atoms with Crippen LogP contribution in [-0.4, -0.2) is 25.3 Å². The van der Waals surface area contributed by atoms with Gasteiger partial charge in [0.25, 0.3) is 0 Å². The number of rotatable bonds is 3. The van der Waals surface area contributed by atoms with Crippen molar-refractivity contribution in [1.82, 2.24) is 4.31 Å². The molecule has 21 heavy (non-hydrogen) atoms. The SMILES string of the molecule is CC1CCCN(S(=O)(=O)c2cc(Cl)cc(CCl)c2Cl)C1C. The van der Waals surface area contributed by atoms with Crippen LogP contribution in [-0.2, 0) is 15.9 Å². The summed E-state index contributed by atoms with van der Waals surface area (Å²) in [5.74, 6) is 0.437. The van der Waals surface area contributed by atoms with E-state index in [1.54, 1.807) is 6.07 Å². The highest BCUT2D eigenvalue weighted by molar-refractivity contribution is 7.89. The molecule has 0 amide bonds. The van der Waals surface area contributed by atoms with Gasteiger partial charge in [0.2, 0.25) is 10.0 Å². The van der Waals surface area contributed by atoms with Crippen molar-refractivity contribution in [3.8, 4) is 0 Å². The number of hydrogen-bond donors (Lipinski definition) is 0. The minimum Gasteiger partial charge on any atom is -0.207 e. The lowest BCUT2D eigenvalue weighted by molar-refractivity contribution is 0.202. The number of sulfonamides is 1. The maximum Gasteiger partial charge on any atom is 0.244 e. The second kappa shape index (κ2) is 6.63. The van der Waals surface area contributed by atoms with Gasteiger partial charge >= 0.3 is 0 Å². The average molecular weight is 371 g/mol. The lowest BCUT2D eigenvalue weighted by Crippen LogP contribution is -2.46. The fourth-order valence-electron chi connectivity index (χ4n) is 2.67. The molecule has 0 radical (unpaired) electrons. The van der Waals surface area contributed by atoms with Crippen LogP contribution >= 0.6 is 34.8 Å². The molecule has 0 aromatic heterocycles. The lowest BCUT2D eigenvalue weighted by atomic mass is 9.94. The number of piperidine rings is 1. The van der Waals surface area contributed by atoms with Crippen molar-refractivity contribution in [3.63, 3.8) is 0 Å². The Morgan fingerprint density at radius 1 is 1.29 bits per heavy atom. The summed E-state index contributed by atoms with van der Waals surface area (Å²) >= 11 is 18.0. The predicted octanol–water partition coefficient (Wildman–Crippen LogP) is 4.54. The van der Waals surface area contributed by atoms with Gasteiger partial charge in [-0.05, 0) is 43.4 Å². The normalized spacial score (nSPS) is 24.2. The van der Waals surface area contributed by atoms with Crippen LogP contribution in [0, 0.1) is 5.92 Å². The Morgan fingerprint density at radius 3 is 2.57 bits per heavy atom. The fourth-order valence-corrected chi connectivity index (χ4v) is 5.62. The van der Waals surface area contributed by atoms with E-state index in [4.69, 9.17) is 34.8 Å². The minimum absolute atomic E-state index is 0.0493. The smallest absolute Gasteiger partial charge is 0.207 e. The van der Waals surface area contributed by atoms with E-state index in [0.29, 0.717) is 23.0 Å². The Balaban J connectivity index is 2.51. The summed E-state index contributed by atoms with van der Waals surface area (Å²) in [6.07, 6.45) is 1.88. The molecule has 1 aliphatic heterocycles. The highest BCUT2D eigenvalue weighted by Gasteiger charge is 2.36. The molecular formula is C14H18Cl3NO2S. The Bertz CT molecular complexity index is 633. The summed E-state index contributed by atoms with van der Waals surface area (Å²) < 4.78 is 27.4. The Kier molecular flexibility index (Phi) is 5.48. The van der Waals surface area contributed by atoms with Crippen LogP contribution in [0.3, 0.4) is 0 Å². The van der Waals surface area contributed by atoms with Crippen molar-refractivity contribution in [2.24, 2.45) is 5.92 Å². The van der Waals surface area contributed by atoms with Gasteiger partial charge in [0.05, 0.1) is 5.02 Å². The molecule has 1 aromatic carbocycles. The number of benzene rings is 1. The fraction of sp³-hybridized carbons (Fsp3) is 0.571. The van der Waals surface area contributed by atoms with Crippen LogP contribution in [0.5, 0.6) is 0 Å². The van der Waals surface area contributed by atoms with Gasteiger partial charge in [0.1, 0.15) is 4.90 Å². The third-order valence-electron chi connectivity index (χ3n) is 4.13. The Hall–Kier alpha value is -0.000000000000000111. The standard InChI is InChI=1S/C14H18Cl3NO2S/c1-9-4-3-5-18(10(9)2)21(19,20)13-7-12(16)6-11(8-15)14(13)17/h6-7,9-10H,3-5,8H2,1-2H3. The molecule has 3 nitrogen and oxygen atoms in total. The van der Waals surface area contributed by atoms with E-state index in [1.807, 2.05) is 6.92 Å². The van der Waals surface area contributed by atoms with Crippen LogP contribution in [0.15, 0.2) is 17.0 Å². The predicted molar refractivity (Wildman–Crippen MR) is 87.8 cm³/mol. The molecule has 1 aliphatic rings. The second-order valence-corrected chi connectivity index (χ2v) is 8.43. The molecule has 0 bridgehead atoms. The van der Waals surface area contributed by atoms with Crippen molar-refractivity contribution in [2.45, 2.75) is 43.5 Å². The monoisotopic (exact) mass is 369 g/mol. The molecule has 2 atom stereocenters. The second-order valence-electron chi connectivity index (χ2n) is 5.49. The summed E-state index contributed by atoms with van der Waals surface area (Å²) in [7, 11) is -3.67. The minimum atomic E-state index is -3.67. The average Bonchev–Trinajstić information content (AvgIpc) is 2.43. The van der Waals surface area contributed by atoms with Gasteiger partial charge in [-0.2, -0.15) is 4.31 Å². The molecule has 0 aliphatic carbocycles. The number of alkyl halides is 1. The van der Waals surface area contributed by atoms with E-state index in [2.05, 4.69) is 6.92 Å². The van der Waals surface area contributed by atoms with Crippen LogP contribution in [0.2, 0.25) is 10.0 Å². The Labute approximate surface area is 141 Å². The van der Waals surface area contributed by atoms with Gasteiger partial charge in [-0.1, -0.05) is 30.1 Å². The quantitative estimate of drug-likeness (QED) is 0.732. The summed E-state index contributed by atoms with van der Waals surface area (Å²) in [5, 5.41) is 0.492. The van der Waals surface area contributed by atoms with E-state index in [1.165, 1.54) is 10.4 Å². The zero-order valence-corrected chi connectivity index (χ0v) is 15.0. The van der Waals surface area contributed by atoms with Gasteiger partial charge in [-0.15, -0.1) is 11.6 Å². The zero-order chi connectivity index (χ0) is 15.8. The molecule has 0 N–H and O–H groups in total. The van der Waals surface area contributed by atoms with E-state index in [9.17, 15) is 8.42 Å². The van der Waals surface area contributed by atoms with Crippen LogP contribution in [0.4, 0.5) is 0 Å². The highest BCUT2D eigenvalue weighted by atomic mass is 35.5. The number of hydrogen-bond acceptors (Lipinski definition) is 2. The van der Waals surface area contributed by atoms with E-state index < -0.39 is 10.0 Å². The third kappa shape index (κ3) is 3.35.